The van der Waals surface area contributed by atoms with Gasteiger partial charge in [0, 0.05) is 6.61 Å². The molecule has 0 aromatic rings. The average molecular weight is 738 g/mol. The van der Waals surface area contributed by atoms with Gasteiger partial charge in [0.2, 0.25) is 0 Å². The first-order valence-corrected chi connectivity index (χ1v) is 20.5. The molecule has 3 atom stereocenters. The summed E-state index contributed by atoms with van der Waals surface area (Å²) in [5.41, 5.74) is 5.33. The molecule has 0 bridgehead atoms. The molecule has 11 heteroatoms. The Morgan fingerprint density at radius 3 is 1.69 bits per heavy atom. The van der Waals surface area contributed by atoms with Crippen molar-refractivity contribution in [2.75, 3.05) is 26.4 Å². The van der Waals surface area contributed by atoms with Crippen molar-refractivity contribution < 1.29 is 42.7 Å². The maximum absolute atomic E-state index is 12.5. The van der Waals surface area contributed by atoms with Gasteiger partial charge < -0.3 is 25.2 Å². The topological polar surface area (TPSA) is 155 Å². The van der Waals surface area contributed by atoms with Crippen LogP contribution < -0.4 is 5.73 Å². The van der Waals surface area contributed by atoms with Crippen LogP contribution in [-0.4, -0.2) is 60.5 Å². The fourth-order valence-corrected chi connectivity index (χ4v) is 5.33. The minimum absolute atomic E-state index is 0.0134. The van der Waals surface area contributed by atoms with E-state index in [1.54, 1.807) is 6.08 Å². The molecule has 0 aromatic carbocycles. The van der Waals surface area contributed by atoms with Crippen LogP contribution in [0.1, 0.15) is 129 Å². The molecule has 0 aromatic heterocycles. The number of nitrogens with two attached hydrogens (primary N) is 1. The van der Waals surface area contributed by atoms with Crippen LogP contribution in [0, 0.1) is 0 Å². The second-order valence-electron chi connectivity index (χ2n) is 12.3. The van der Waals surface area contributed by atoms with Crippen LogP contribution in [0.2, 0.25) is 0 Å². The summed E-state index contributed by atoms with van der Waals surface area (Å²) in [6.07, 6.45) is 42.7. The highest BCUT2D eigenvalue weighted by Crippen LogP contribution is 2.43. The van der Waals surface area contributed by atoms with E-state index in [9.17, 15) is 19.0 Å². The Hall–Kier alpha value is -2.59. The van der Waals surface area contributed by atoms with Crippen LogP contribution in [0.15, 0.2) is 72.9 Å². The number of hydrogen-bond donors (Lipinski definition) is 3. The number of phosphoric ester groups is 1. The largest absolute Gasteiger partial charge is 0.480 e. The van der Waals surface area contributed by atoms with Gasteiger partial charge in [0.15, 0.2) is 0 Å². The number of carbonyl (C=O) groups is 2. The predicted molar refractivity (Wildman–Crippen MR) is 207 cm³/mol. The Morgan fingerprint density at radius 1 is 0.647 bits per heavy atom. The zero-order valence-corrected chi connectivity index (χ0v) is 32.3. The lowest BCUT2D eigenvalue weighted by Crippen LogP contribution is -2.34. The second-order valence-corrected chi connectivity index (χ2v) is 13.8. The molecule has 0 aliphatic carbocycles. The molecule has 0 aliphatic rings. The van der Waals surface area contributed by atoms with E-state index in [4.69, 9.17) is 24.8 Å². The number of carboxylic acids is 1. The minimum atomic E-state index is -4.64. The molecule has 0 aliphatic heterocycles. The van der Waals surface area contributed by atoms with Gasteiger partial charge in [-0.15, -0.1) is 0 Å². The van der Waals surface area contributed by atoms with Crippen molar-refractivity contribution in [3.63, 3.8) is 0 Å². The number of aliphatic carboxylic acids is 1. The molecule has 10 nitrogen and oxygen atoms in total. The smallest absolute Gasteiger partial charge is 0.472 e. The molecule has 0 amide bonds. The lowest BCUT2D eigenvalue weighted by Gasteiger charge is -2.20. The lowest BCUT2D eigenvalue weighted by atomic mass is 10.1. The van der Waals surface area contributed by atoms with Crippen molar-refractivity contribution in [3.05, 3.63) is 72.9 Å². The van der Waals surface area contributed by atoms with E-state index in [0.717, 1.165) is 51.4 Å². The number of phosphoric acid groups is 1. The predicted octanol–water partition coefficient (Wildman–Crippen LogP) is 9.86. The van der Waals surface area contributed by atoms with Crippen LogP contribution >= 0.6 is 7.82 Å². The third-order valence-corrected chi connectivity index (χ3v) is 8.45. The van der Waals surface area contributed by atoms with Crippen LogP contribution in [0.5, 0.6) is 0 Å². The molecular formula is C40H68NO9P. The molecule has 0 rings (SSSR count). The maximum atomic E-state index is 12.5. The first-order chi connectivity index (χ1) is 24.7. The van der Waals surface area contributed by atoms with Gasteiger partial charge in [0.1, 0.15) is 12.1 Å². The van der Waals surface area contributed by atoms with Crippen molar-refractivity contribution in [1.29, 1.82) is 0 Å². The molecule has 0 heterocycles. The summed E-state index contributed by atoms with van der Waals surface area (Å²) in [5, 5.41) is 8.86. The van der Waals surface area contributed by atoms with Crippen LogP contribution in [0.4, 0.5) is 0 Å². The minimum Gasteiger partial charge on any atom is -0.480 e. The first-order valence-electron chi connectivity index (χ1n) is 19.0. The quantitative estimate of drug-likeness (QED) is 0.0248. The van der Waals surface area contributed by atoms with Gasteiger partial charge in [0.25, 0.3) is 0 Å². The average Bonchev–Trinajstić information content (AvgIpc) is 3.10. The summed E-state index contributed by atoms with van der Waals surface area (Å²) in [6, 6.07) is -1.49. The molecule has 0 radical (unpaired) electrons. The summed E-state index contributed by atoms with van der Waals surface area (Å²) in [4.78, 5) is 33.3. The van der Waals surface area contributed by atoms with Gasteiger partial charge in [-0.2, -0.15) is 0 Å². The molecule has 4 N–H and O–H groups in total. The molecule has 0 saturated heterocycles. The van der Waals surface area contributed by atoms with Gasteiger partial charge in [-0.1, -0.05) is 132 Å². The number of allylic oxidation sites excluding steroid dienone is 11. The Morgan fingerprint density at radius 2 is 1.14 bits per heavy atom. The van der Waals surface area contributed by atoms with E-state index in [1.165, 1.54) is 51.4 Å². The van der Waals surface area contributed by atoms with E-state index in [-0.39, 0.29) is 13.0 Å². The van der Waals surface area contributed by atoms with E-state index in [1.807, 2.05) is 12.2 Å². The van der Waals surface area contributed by atoms with E-state index in [2.05, 4.69) is 73.1 Å². The highest BCUT2D eigenvalue weighted by molar-refractivity contribution is 7.47. The Labute approximate surface area is 308 Å². The Bertz CT molecular complexity index is 1080. The third-order valence-electron chi connectivity index (χ3n) is 7.50. The molecule has 3 unspecified atom stereocenters. The number of unbranched alkanes of at least 4 members (excludes halogenated alkanes) is 10. The van der Waals surface area contributed by atoms with Crippen molar-refractivity contribution in [1.82, 2.24) is 0 Å². The number of rotatable bonds is 35. The lowest BCUT2D eigenvalue weighted by molar-refractivity contribution is -0.153. The summed E-state index contributed by atoms with van der Waals surface area (Å²) in [6.45, 7) is 3.58. The SMILES string of the molecule is CC/C=C\C/C=C\C/C=C\C/C=C\C/C=C\CC(=O)OC(COCCCCCCCC/C=C\CCCCCC)COP(=O)(O)OCC(N)C(=O)O. The summed E-state index contributed by atoms with van der Waals surface area (Å²) >= 11 is 0. The van der Waals surface area contributed by atoms with Gasteiger partial charge >= 0.3 is 19.8 Å². The van der Waals surface area contributed by atoms with Crippen molar-refractivity contribution >= 4 is 19.8 Å². The molecular weight excluding hydrogens is 669 g/mol. The van der Waals surface area contributed by atoms with E-state index in [0.29, 0.717) is 13.0 Å². The molecule has 0 saturated carbocycles. The van der Waals surface area contributed by atoms with Crippen molar-refractivity contribution in [2.24, 2.45) is 5.73 Å². The number of carbonyl (C=O) groups excluding carboxylic acids is 1. The fourth-order valence-electron chi connectivity index (χ4n) is 4.55. The zero-order valence-electron chi connectivity index (χ0n) is 31.4. The van der Waals surface area contributed by atoms with Crippen molar-refractivity contribution in [3.8, 4) is 0 Å². The monoisotopic (exact) mass is 737 g/mol. The molecule has 51 heavy (non-hydrogen) atoms. The summed E-state index contributed by atoms with van der Waals surface area (Å²) < 4.78 is 33.1. The van der Waals surface area contributed by atoms with Crippen LogP contribution in [-0.2, 0) is 32.7 Å². The number of hydrogen-bond acceptors (Lipinski definition) is 8. The first kappa shape index (κ1) is 48.4. The van der Waals surface area contributed by atoms with E-state index < -0.39 is 45.1 Å². The molecule has 0 spiro atoms. The number of ether oxygens (including phenoxy) is 2. The second kappa shape index (κ2) is 35.8. The Balaban J connectivity index is 4.49. The highest BCUT2D eigenvalue weighted by Gasteiger charge is 2.27. The molecule has 292 valence electrons. The zero-order chi connectivity index (χ0) is 37.7. The highest BCUT2D eigenvalue weighted by atomic mass is 31.2. The summed E-state index contributed by atoms with van der Waals surface area (Å²) in [7, 11) is -4.64. The summed E-state index contributed by atoms with van der Waals surface area (Å²) in [5.74, 6) is -1.92. The van der Waals surface area contributed by atoms with Crippen molar-refractivity contribution in [2.45, 2.75) is 142 Å². The van der Waals surface area contributed by atoms with E-state index >= 15 is 0 Å². The third kappa shape index (κ3) is 35.6. The fraction of sp³-hybridized carbons (Fsp3) is 0.650. The van der Waals surface area contributed by atoms with Gasteiger partial charge in [-0.05, 0) is 64.2 Å². The number of esters is 1. The number of carboxylic acid groups (broad SMARTS) is 1. The Kier molecular flexibility index (Phi) is 34.0. The van der Waals surface area contributed by atoms with Crippen LogP contribution in [0.25, 0.3) is 0 Å². The van der Waals surface area contributed by atoms with Crippen LogP contribution in [0.3, 0.4) is 0 Å². The van der Waals surface area contributed by atoms with Gasteiger partial charge in [-0.25, -0.2) is 4.57 Å². The normalized spacial score (nSPS) is 14.9. The molecule has 0 fully saturated rings. The standard InChI is InChI=1S/C40H68NO9P/c1-3-5-7-9-11-13-15-17-19-20-22-24-26-28-30-32-39(42)50-37(35-48-51(45,46)49-36-38(41)40(43)44)34-47-33-31-29-27-25-23-21-18-16-14-12-10-8-6-4-2/h5,7,11,13-14,16-17,19,22,24,28,30,37-38H,3-4,6,8-10,12,15,18,20-21,23,25-27,29,31-36,41H2,1-2H3,(H,43,44)(H,45,46)/b7-5-,13-11-,16-14-,19-17-,24-22-,30-28-. The maximum Gasteiger partial charge on any atom is 0.472 e. The van der Waals surface area contributed by atoms with Gasteiger partial charge in [-0.3, -0.25) is 18.6 Å². The van der Waals surface area contributed by atoms with Gasteiger partial charge in [0.05, 0.1) is 26.2 Å².